The van der Waals surface area contributed by atoms with E-state index < -0.39 is 0 Å². The third-order valence-corrected chi connectivity index (χ3v) is 3.53. The van der Waals surface area contributed by atoms with E-state index in [1.165, 1.54) is 18.3 Å². The molecule has 1 amide bonds. The summed E-state index contributed by atoms with van der Waals surface area (Å²) < 4.78 is 0. The number of nitrogens with zero attached hydrogens (tertiary/aromatic N) is 1. The zero-order chi connectivity index (χ0) is 11.0. The molecule has 2 heterocycles. The standard InChI is InChI=1S/C10H12N2O2S/c1-6(13)8-2-3-9(15-8)10(14)12-4-7(11)5-12/h2-3,7H,4-5,11H2,1H3. The molecule has 1 saturated heterocycles. The summed E-state index contributed by atoms with van der Waals surface area (Å²) in [6.45, 7) is 2.73. The summed E-state index contributed by atoms with van der Waals surface area (Å²) in [5.74, 6) is -0.0199. The Hall–Kier alpha value is -1.20. The van der Waals surface area contributed by atoms with E-state index in [2.05, 4.69) is 0 Å². The Morgan fingerprint density at radius 1 is 1.40 bits per heavy atom. The average Bonchev–Trinajstić information content (AvgIpc) is 2.60. The Labute approximate surface area is 91.7 Å². The molecule has 1 fully saturated rings. The highest BCUT2D eigenvalue weighted by molar-refractivity contribution is 7.15. The third kappa shape index (κ3) is 1.93. The Balaban J connectivity index is 2.09. The molecule has 0 aromatic carbocycles. The molecule has 4 nitrogen and oxygen atoms in total. The van der Waals surface area contributed by atoms with Crippen LogP contribution in [-0.2, 0) is 0 Å². The zero-order valence-corrected chi connectivity index (χ0v) is 9.21. The van der Waals surface area contributed by atoms with Crippen LogP contribution in [0.2, 0.25) is 0 Å². The molecular weight excluding hydrogens is 212 g/mol. The maximum absolute atomic E-state index is 11.8. The Morgan fingerprint density at radius 2 is 2.00 bits per heavy atom. The van der Waals surface area contributed by atoms with E-state index in [4.69, 9.17) is 5.73 Å². The molecule has 1 aromatic heterocycles. The van der Waals surface area contributed by atoms with E-state index in [0.717, 1.165) is 0 Å². The van der Waals surface area contributed by atoms with Crippen molar-refractivity contribution in [3.63, 3.8) is 0 Å². The van der Waals surface area contributed by atoms with E-state index in [0.29, 0.717) is 22.8 Å². The van der Waals surface area contributed by atoms with Crippen molar-refractivity contribution in [2.45, 2.75) is 13.0 Å². The molecule has 1 aliphatic heterocycles. The van der Waals surface area contributed by atoms with Gasteiger partial charge in [-0.25, -0.2) is 0 Å². The monoisotopic (exact) mass is 224 g/mol. The van der Waals surface area contributed by atoms with Gasteiger partial charge in [0.15, 0.2) is 5.78 Å². The van der Waals surface area contributed by atoms with Crippen LogP contribution in [0.25, 0.3) is 0 Å². The lowest BCUT2D eigenvalue weighted by atomic mass is 10.1. The number of thiophene rings is 1. The number of rotatable bonds is 2. The molecule has 2 rings (SSSR count). The van der Waals surface area contributed by atoms with E-state index in [-0.39, 0.29) is 17.7 Å². The first kappa shape index (κ1) is 10.3. The molecule has 1 aliphatic rings. The van der Waals surface area contributed by atoms with Crippen molar-refractivity contribution < 1.29 is 9.59 Å². The van der Waals surface area contributed by atoms with E-state index >= 15 is 0 Å². The molecule has 0 radical (unpaired) electrons. The lowest BCUT2D eigenvalue weighted by molar-refractivity contribution is 0.0613. The van der Waals surface area contributed by atoms with Gasteiger partial charge in [-0.15, -0.1) is 11.3 Å². The predicted octanol–water partition coefficient (Wildman–Crippen LogP) is 0.734. The van der Waals surface area contributed by atoms with Crippen LogP contribution in [0, 0.1) is 0 Å². The van der Waals surface area contributed by atoms with Gasteiger partial charge in [0.1, 0.15) is 0 Å². The van der Waals surface area contributed by atoms with Gasteiger partial charge in [0.05, 0.1) is 9.75 Å². The van der Waals surface area contributed by atoms with Crippen LogP contribution in [0.3, 0.4) is 0 Å². The van der Waals surface area contributed by atoms with Gasteiger partial charge in [0.2, 0.25) is 0 Å². The lowest BCUT2D eigenvalue weighted by Crippen LogP contribution is -2.57. The highest BCUT2D eigenvalue weighted by Gasteiger charge is 2.29. The normalized spacial score (nSPS) is 16.3. The smallest absolute Gasteiger partial charge is 0.264 e. The Kier molecular flexibility index (Phi) is 2.58. The fourth-order valence-corrected chi connectivity index (χ4v) is 2.35. The van der Waals surface area contributed by atoms with Crippen LogP contribution in [-0.4, -0.2) is 35.7 Å². The Morgan fingerprint density at radius 3 is 2.47 bits per heavy atom. The molecule has 5 heteroatoms. The van der Waals surface area contributed by atoms with E-state index in [1.807, 2.05) is 0 Å². The summed E-state index contributed by atoms with van der Waals surface area (Å²) in [4.78, 5) is 25.8. The molecule has 0 spiro atoms. The highest BCUT2D eigenvalue weighted by atomic mass is 32.1. The van der Waals surface area contributed by atoms with Crippen molar-refractivity contribution in [1.82, 2.24) is 4.90 Å². The minimum absolute atomic E-state index is 0.000592. The quantitative estimate of drug-likeness (QED) is 0.753. The summed E-state index contributed by atoms with van der Waals surface area (Å²) in [5.41, 5.74) is 5.59. The van der Waals surface area contributed by atoms with Crippen molar-refractivity contribution in [3.8, 4) is 0 Å². The molecule has 0 unspecified atom stereocenters. The van der Waals surface area contributed by atoms with Crippen LogP contribution in [0.4, 0.5) is 0 Å². The lowest BCUT2D eigenvalue weighted by Gasteiger charge is -2.36. The molecular formula is C10H12N2O2S. The summed E-state index contributed by atoms with van der Waals surface area (Å²) in [5, 5.41) is 0. The van der Waals surface area contributed by atoms with Gasteiger partial charge in [-0.2, -0.15) is 0 Å². The molecule has 0 bridgehead atoms. The van der Waals surface area contributed by atoms with Crippen molar-refractivity contribution in [2.75, 3.05) is 13.1 Å². The van der Waals surface area contributed by atoms with Gasteiger partial charge in [-0.05, 0) is 19.1 Å². The molecule has 0 saturated carbocycles. The number of ketones is 1. The summed E-state index contributed by atoms with van der Waals surface area (Å²) in [6, 6.07) is 3.51. The van der Waals surface area contributed by atoms with E-state index in [9.17, 15) is 9.59 Å². The molecule has 80 valence electrons. The van der Waals surface area contributed by atoms with Gasteiger partial charge in [0, 0.05) is 19.1 Å². The van der Waals surface area contributed by atoms with Gasteiger partial charge in [-0.1, -0.05) is 0 Å². The number of Topliss-reactive ketones (excluding diaryl/α,β-unsaturated/α-hetero) is 1. The SMILES string of the molecule is CC(=O)c1ccc(C(=O)N2CC(N)C2)s1. The summed E-state index contributed by atoms with van der Waals surface area (Å²) in [6.07, 6.45) is 0. The first-order valence-corrected chi connectivity index (χ1v) is 5.55. The first-order chi connectivity index (χ1) is 7.08. The zero-order valence-electron chi connectivity index (χ0n) is 8.40. The minimum Gasteiger partial charge on any atom is -0.335 e. The van der Waals surface area contributed by atoms with Crippen molar-refractivity contribution in [1.29, 1.82) is 0 Å². The van der Waals surface area contributed by atoms with Crippen LogP contribution < -0.4 is 5.73 Å². The third-order valence-electron chi connectivity index (χ3n) is 2.36. The average molecular weight is 224 g/mol. The predicted molar refractivity (Wildman–Crippen MR) is 58.2 cm³/mol. The number of nitrogens with two attached hydrogens (primary N) is 1. The number of hydrogen-bond acceptors (Lipinski definition) is 4. The van der Waals surface area contributed by atoms with Crippen molar-refractivity contribution >= 4 is 23.0 Å². The molecule has 2 N–H and O–H groups in total. The fourth-order valence-electron chi connectivity index (χ4n) is 1.48. The molecule has 1 aromatic rings. The van der Waals surface area contributed by atoms with Crippen molar-refractivity contribution in [2.24, 2.45) is 5.73 Å². The second kappa shape index (κ2) is 3.75. The molecule has 15 heavy (non-hydrogen) atoms. The topological polar surface area (TPSA) is 63.4 Å². The maximum atomic E-state index is 11.8. The van der Waals surface area contributed by atoms with Crippen LogP contribution in [0.1, 0.15) is 26.3 Å². The number of hydrogen-bond donors (Lipinski definition) is 1. The van der Waals surface area contributed by atoms with Gasteiger partial charge in [0.25, 0.3) is 5.91 Å². The number of amides is 1. The van der Waals surface area contributed by atoms with Gasteiger partial charge in [-0.3, -0.25) is 9.59 Å². The van der Waals surface area contributed by atoms with Gasteiger partial charge >= 0.3 is 0 Å². The number of carbonyl (C=O) groups is 2. The maximum Gasteiger partial charge on any atom is 0.264 e. The van der Waals surface area contributed by atoms with Crippen LogP contribution in [0.5, 0.6) is 0 Å². The number of carbonyl (C=O) groups excluding carboxylic acids is 2. The van der Waals surface area contributed by atoms with E-state index in [1.54, 1.807) is 17.0 Å². The fraction of sp³-hybridized carbons (Fsp3) is 0.400. The summed E-state index contributed by atoms with van der Waals surface area (Å²) >= 11 is 1.25. The molecule has 0 atom stereocenters. The second-order valence-electron chi connectivity index (χ2n) is 3.69. The molecule has 0 aliphatic carbocycles. The Bertz CT molecular complexity index is 407. The summed E-state index contributed by atoms with van der Waals surface area (Å²) in [7, 11) is 0. The minimum atomic E-state index is -0.0193. The van der Waals surface area contributed by atoms with Crippen LogP contribution in [0.15, 0.2) is 12.1 Å². The first-order valence-electron chi connectivity index (χ1n) is 4.73. The highest BCUT2D eigenvalue weighted by Crippen LogP contribution is 2.20. The van der Waals surface area contributed by atoms with Gasteiger partial charge < -0.3 is 10.6 Å². The van der Waals surface area contributed by atoms with Crippen LogP contribution >= 0.6 is 11.3 Å². The van der Waals surface area contributed by atoms with Crippen molar-refractivity contribution in [3.05, 3.63) is 21.9 Å². The number of likely N-dealkylation sites (tertiary alicyclic amines) is 1. The largest absolute Gasteiger partial charge is 0.335 e. The second-order valence-corrected chi connectivity index (χ2v) is 4.77.